The van der Waals surface area contributed by atoms with Crippen molar-refractivity contribution in [3.63, 3.8) is 0 Å². The second kappa shape index (κ2) is 6.06. The summed E-state index contributed by atoms with van der Waals surface area (Å²) in [5.41, 5.74) is 0.857. The van der Waals surface area contributed by atoms with Gasteiger partial charge in [0.2, 0.25) is 5.91 Å². The molecule has 1 aromatic rings. The van der Waals surface area contributed by atoms with E-state index >= 15 is 0 Å². The molecule has 0 aliphatic rings. The molecule has 0 radical (unpaired) electrons. The van der Waals surface area contributed by atoms with Gasteiger partial charge in [0, 0.05) is 13.5 Å². The first-order valence-electron chi connectivity index (χ1n) is 4.94. The van der Waals surface area contributed by atoms with Crippen LogP contribution in [0.2, 0.25) is 5.02 Å². The predicted octanol–water partition coefficient (Wildman–Crippen LogP) is 2.19. The summed E-state index contributed by atoms with van der Waals surface area (Å²) in [7, 11) is 0. The van der Waals surface area contributed by atoms with Gasteiger partial charge in [-0.2, -0.15) is 0 Å². The first kappa shape index (κ1) is 13.3. The fraction of sp³-hybridized carbons (Fsp3) is 0.167. The number of hydrogen-bond donors (Lipinski definition) is 2. The molecule has 2 N–H and O–H groups in total. The van der Waals surface area contributed by atoms with Gasteiger partial charge in [-0.1, -0.05) is 29.8 Å². The fourth-order valence-electron chi connectivity index (χ4n) is 1.21. The van der Waals surface area contributed by atoms with Gasteiger partial charge >= 0.3 is 5.97 Å². The Morgan fingerprint density at radius 1 is 1.47 bits per heavy atom. The highest BCUT2D eigenvalue weighted by Crippen LogP contribution is 2.18. The van der Waals surface area contributed by atoms with E-state index in [1.54, 1.807) is 24.3 Å². The average Bonchev–Trinajstić information content (AvgIpc) is 2.23. The summed E-state index contributed by atoms with van der Waals surface area (Å²) in [5, 5.41) is 11.6. The van der Waals surface area contributed by atoms with Crippen molar-refractivity contribution in [3.8, 4) is 0 Å². The lowest BCUT2D eigenvalue weighted by Gasteiger charge is -2.00. The first-order valence-corrected chi connectivity index (χ1v) is 5.32. The van der Waals surface area contributed by atoms with E-state index in [-0.39, 0.29) is 16.5 Å². The Balaban J connectivity index is 2.70. The maximum atomic E-state index is 10.7. The maximum absolute atomic E-state index is 10.7. The third kappa shape index (κ3) is 4.28. The summed E-state index contributed by atoms with van der Waals surface area (Å²) in [5.74, 6) is -1.15. The van der Waals surface area contributed by atoms with Gasteiger partial charge in [-0.15, -0.1) is 0 Å². The summed E-state index contributed by atoms with van der Waals surface area (Å²) in [6.07, 6.45) is 3.51. The number of halogens is 1. The Hall–Kier alpha value is -1.81. The van der Waals surface area contributed by atoms with Gasteiger partial charge in [-0.05, 0) is 17.7 Å². The van der Waals surface area contributed by atoms with E-state index in [9.17, 15) is 9.59 Å². The molecule has 90 valence electrons. The maximum Gasteiger partial charge on any atom is 0.337 e. The number of carbonyl (C=O) groups excluding carboxylic acids is 1. The molecule has 0 aliphatic carbocycles. The average molecular weight is 254 g/mol. The minimum absolute atomic E-state index is 0.0747. The topological polar surface area (TPSA) is 66.4 Å². The Kier molecular flexibility index (Phi) is 4.72. The van der Waals surface area contributed by atoms with Crippen LogP contribution < -0.4 is 5.32 Å². The van der Waals surface area contributed by atoms with Crippen LogP contribution in [0.15, 0.2) is 24.3 Å². The smallest absolute Gasteiger partial charge is 0.337 e. The lowest BCUT2D eigenvalue weighted by molar-refractivity contribution is -0.118. The van der Waals surface area contributed by atoms with Crippen molar-refractivity contribution in [3.05, 3.63) is 40.4 Å². The number of benzene rings is 1. The van der Waals surface area contributed by atoms with Crippen LogP contribution in [0.3, 0.4) is 0 Å². The lowest BCUT2D eigenvalue weighted by atomic mass is 10.1. The van der Waals surface area contributed by atoms with Gasteiger partial charge in [-0.3, -0.25) is 4.79 Å². The first-order chi connectivity index (χ1) is 8.00. The molecule has 0 saturated carbocycles. The minimum atomic E-state index is -1.05. The monoisotopic (exact) mass is 253 g/mol. The molecule has 4 nitrogen and oxygen atoms in total. The van der Waals surface area contributed by atoms with E-state index in [4.69, 9.17) is 16.7 Å². The number of carboxylic acid groups (broad SMARTS) is 1. The molecule has 0 saturated heterocycles. The molecule has 17 heavy (non-hydrogen) atoms. The molecule has 0 aliphatic heterocycles. The van der Waals surface area contributed by atoms with Gasteiger partial charge in [0.15, 0.2) is 0 Å². The molecular weight excluding hydrogens is 242 g/mol. The van der Waals surface area contributed by atoms with E-state index in [1.165, 1.54) is 13.0 Å². The van der Waals surface area contributed by atoms with Crippen molar-refractivity contribution in [2.75, 3.05) is 6.54 Å². The van der Waals surface area contributed by atoms with Crippen molar-refractivity contribution in [1.29, 1.82) is 0 Å². The molecule has 0 heterocycles. The van der Waals surface area contributed by atoms with Crippen LogP contribution in [0, 0.1) is 0 Å². The van der Waals surface area contributed by atoms with Crippen LogP contribution in [-0.4, -0.2) is 23.5 Å². The van der Waals surface area contributed by atoms with E-state index < -0.39 is 5.97 Å². The zero-order valence-corrected chi connectivity index (χ0v) is 9.99. The number of aromatic carboxylic acids is 1. The zero-order valence-electron chi connectivity index (χ0n) is 9.24. The number of nitrogens with one attached hydrogen (secondary N) is 1. The summed E-state index contributed by atoms with van der Waals surface area (Å²) in [6, 6.07) is 4.66. The van der Waals surface area contributed by atoms with Crippen LogP contribution in [-0.2, 0) is 4.79 Å². The molecule has 1 rings (SSSR count). The van der Waals surface area contributed by atoms with E-state index in [0.717, 1.165) is 5.56 Å². The standard InChI is InChI=1S/C12H12ClNO3/c1-8(15)14-6-2-3-9-4-5-10(12(16)17)11(13)7-9/h2-5,7H,6H2,1H3,(H,14,15)(H,16,17). The Bertz CT molecular complexity index is 469. The van der Waals surface area contributed by atoms with Crippen LogP contribution in [0.1, 0.15) is 22.8 Å². The summed E-state index contributed by atoms with van der Waals surface area (Å²) in [6.45, 7) is 1.86. The van der Waals surface area contributed by atoms with Gasteiger partial charge < -0.3 is 10.4 Å². The van der Waals surface area contributed by atoms with E-state index in [1.807, 2.05) is 0 Å². The van der Waals surface area contributed by atoms with Crippen molar-refractivity contribution >= 4 is 29.6 Å². The third-order valence-electron chi connectivity index (χ3n) is 2.00. The molecule has 1 aromatic carbocycles. The van der Waals surface area contributed by atoms with Gasteiger partial charge in [0.25, 0.3) is 0 Å². The van der Waals surface area contributed by atoms with Crippen molar-refractivity contribution in [2.24, 2.45) is 0 Å². The quantitative estimate of drug-likeness (QED) is 0.864. The molecule has 5 heteroatoms. The number of amides is 1. The second-order valence-corrected chi connectivity index (χ2v) is 3.79. The summed E-state index contributed by atoms with van der Waals surface area (Å²) < 4.78 is 0. The highest BCUT2D eigenvalue weighted by atomic mass is 35.5. The molecule has 0 spiro atoms. The summed E-state index contributed by atoms with van der Waals surface area (Å²) in [4.78, 5) is 21.3. The molecule has 0 aromatic heterocycles. The van der Waals surface area contributed by atoms with Gasteiger partial charge in [0.1, 0.15) is 0 Å². The minimum Gasteiger partial charge on any atom is -0.478 e. The number of rotatable bonds is 4. The Morgan fingerprint density at radius 2 is 2.18 bits per heavy atom. The fourth-order valence-corrected chi connectivity index (χ4v) is 1.48. The molecule has 1 amide bonds. The summed E-state index contributed by atoms with van der Waals surface area (Å²) >= 11 is 5.80. The SMILES string of the molecule is CC(=O)NCC=Cc1ccc(C(=O)O)c(Cl)c1. The number of carbonyl (C=O) groups is 2. The van der Waals surface area contributed by atoms with Crippen LogP contribution in [0.25, 0.3) is 6.08 Å². The number of carboxylic acids is 1. The van der Waals surface area contributed by atoms with Crippen LogP contribution in [0.5, 0.6) is 0 Å². The van der Waals surface area contributed by atoms with Gasteiger partial charge in [0.05, 0.1) is 10.6 Å². The zero-order chi connectivity index (χ0) is 12.8. The lowest BCUT2D eigenvalue weighted by Crippen LogP contribution is -2.19. The highest BCUT2D eigenvalue weighted by Gasteiger charge is 2.07. The molecule has 0 atom stereocenters. The Morgan fingerprint density at radius 3 is 2.71 bits per heavy atom. The van der Waals surface area contributed by atoms with E-state index in [0.29, 0.717) is 6.54 Å². The largest absolute Gasteiger partial charge is 0.478 e. The molecule has 0 bridgehead atoms. The van der Waals surface area contributed by atoms with Crippen LogP contribution >= 0.6 is 11.6 Å². The highest BCUT2D eigenvalue weighted by molar-refractivity contribution is 6.33. The van der Waals surface area contributed by atoms with Crippen LogP contribution in [0.4, 0.5) is 0 Å². The second-order valence-electron chi connectivity index (χ2n) is 3.38. The van der Waals surface area contributed by atoms with Crippen molar-refractivity contribution in [2.45, 2.75) is 6.92 Å². The van der Waals surface area contributed by atoms with E-state index in [2.05, 4.69) is 5.32 Å². The van der Waals surface area contributed by atoms with Gasteiger partial charge in [-0.25, -0.2) is 4.79 Å². The Labute approximate surface area is 104 Å². The van der Waals surface area contributed by atoms with Crippen molar-refractivity contribution < 1.29 is 14.7 Å². The normalized spacial score (nSPS) is 10.5. The predicted molar refractivity (Wildman–Crippen MR) is 66.1 cm³/mol. The number of hydrogen-bond acceptors (Lipinski definition) is 2. The molecule has 0 fully saturated rings. The molecular formula is C12H12ClNO3. The van der Waals surface area contributed by atoms with Crippen molar-refractivity contribution in [1.82, 2.24) is 5.32 Å². The third-order valence-corrected chi connectivity index (χ3v) is 2.32. The molecule has 0 unspecified atom stereocenters.